The van der Waals surface area contributed by atoms with Crippen LogP contribution in [0.4, 0.5) is 4.39 Å². The normalized spacial score (nSPS) is 11.3. The molecule has 0 unspecified atom stereocenters. The molecule has 3 heteroatoms. The summed E-state index contributed by atoms with van der Waals surface area (Å²) in [5.74, 6) is -0.347. The van der Waals surface area contributed by atoms with Crippen LogP contribution >= 0.6 is 0 Å². The average molecular weight is 247 g/mol. The first kappa shape index (κ1) is 14.2. The van der Waals surface area contributed by atoms with Crippen LogP contribution in [-0.2, 0) is 11.3 Å². The van der Waals surface area contributed by atoms with Crippen molar-refractivity contribution >= 4 is 5.91 Å². The number of nitrogens with zero attached hydrogens (tertiary/aromatic N) is 1. The van der Waals surface area contributed by atoms with Crippen molar-refractivity contribution in [1.29, 1.82) is 0 Å². The molecule has 0 N–H and O–H groups in total. The number of benzene rings is 1. The lowest BCUT2D eigenvalue weighted by Crippen LogP contribution is -2.28. The van der Waals surface area contributed by atoms with Crippen molar-refractivity contribution in [2.75, 3.05) is 6.54 Å². The molecule has 2 nitrogen and oxygen atoms in total. The lowest BCUT2D eigenvalue weighted by atomic mass is 10.2. The molecule has 1 aromatic carbocycles. The predicted molar refractivity (Wildman–Crippen MR) is 71.4 cm³/mol. The van der Waals surface area contributed by atoms with Crippen LogP contribution in [0, 0.1) is 5.82 Å². The SMILES string of the molecule is C/C=C/C=C/C(=O)N(CC)Cc1cccc(F)c1. The number of amides is 1. The second-order valence-corrected chi connectivity index (χ2v) is 3.87. The molecule has 0 aliphatic heterocycles. The Kier molecular flexibility index (Phi) is 5.85. The third-order valence-corrected chi connectivity index (χ3v) is 2.50. The molecule has 0 heterocycles. The maximum atomic E-state index is 13.0. The zero-order chi connectivity index (χ0) is 13.4. The fourth-order valence-electron chi connectivity index (χ4n) is 1.56. The molecule has 0 bridgehead atoms. The van der Waals surface area contributed by atoms with Gasteiger partial charge in [-0.2, -0.15) is 0 Å². The minimum atomic E-state index is -0.277. The van der Waals surface area contributed by atoms with Gasteiger partial charge in [0.1, 0.15) is 5.82 Å². The zero-order valence-electron chi connectivity index (χ0n) is 10.8. The van der Waals surface area contributed by atoms with Gasteiger partial charge in [-0.3, -0.25) is 4.79 Å². The monoisotopic (exact) mass is 247 g/mol. The van der Waals surface area contributed by atoms with Crippen molar-refractivity contribution in [3.63, 3.8) is 0 Å². The second-order valence-electron chi connectivity index (χ2n) is 3.87. The molecule has 0 saturated heterocycles. The first-order valence-electron chi connectivity index (χ1n) is 6.00. The van der Waals surface area contributed by atoms with Gasteiger partial charge < -0.3 is 4.90 Å². The maximum absolute atomic E-state index is 13.0. The van der Waals surface area contributed by atoms with Gasteiger partial charge in [0, 0.05) is 19.2 Å². The molecule has 0 radical (unpaired) electrons. The number of halogens is 1. The van der Waals surface area contributed by atoms with E-state index >= 15 is 0 Å². The molecule has 0 atom stereocenters. The first-order chi connectivity index (χ1) is 8.67. The fraction of sp³-hybridized carbons (Fsp3) is 0.267. The Hall–Kier alpha value is -1.90. The lowest BCUT2D eigenvalue weighted by Gasteiger charge is -2.19. The Morgan fingerprint density at radius 1 is 1.39 bits per heavy atom. The van der Waals surface area contributed by atoms with Crippen molar-refractivity contribution in [3.8, 4) is 0 Å². The third-order valence-electron chi connectivity index (χ3n) is 2.50. The van der Waals surface area contributed by atoms with Crippen LogP contribution in [0.2, 0.25) is 0 Å². The number of hydrogen-bond donors (Lipinski definition) is 0. The van der Waals surface area contributed by atoms with Gasteiger partial charge >= 0.3 is 0 Å². The standard InChI is InChI=1S/C15H18FNO/c1-3-5-6-10-15(18)17(4-2)12-13-8-7-9-14(16)11-13/h3,5-11H,4,12H2,1-2H3/b5-3+,10-6+. The molecule has 0 aromatic heterocycles. The summed E-state index contributed by atoms with van der Waals surface area (Å²) in [5.41, 5.74) is 0.796. The summed E-state index contributed by atoms with van der Waals surface area (Å²) >= 11 is 0. The molecular weight excluding hydrogens is 229 g/mol. The summed E-state index contributed by atoms with van der Waals surface area (Å²) in [6.45, 7) is 4.81. The Bertz CT molecular complexity index is 452. The zero-order valence-corrected chi connectivity index (χ0v) is 10.8. The van der Waals surface area contributed by atoms with Gasteiger partial charge in [0.2, 0.25) is 5.91 Å². The van der Waals surface area contributed by atoms with E-state index in [1.165, 1.54) is 18.2 Å². The van der Waals surface area contributed by atoms with Crippen LogP contribution in [0.25, 0.3) is 0 Å². The average Bonchev–Trinajstić information content (AvgIpc) is 2.36. The predicted octanol–water partition coefficient (Wildman–Crippen LogP) is 3.31. The number of carbonyl (C=O) groups is 1. The molecule has 18 heavy (non-hydrogen) atoms. The van der Waals surface area contributed by atoms with E-state index in [1.54, 1.807) is 23.1 Å². The highest BCUT2D eigenvalue weighted by Crippen LogP contribution is 2.07. The summed E-state index contributed by atoms with van der Waals surface area (Å²) < 4.78 is 13.0. The van der Waals surface area contributed by atoms with Crippen molar-refractivity contribution in [3.05, 3.63) is 60.0 Å². The van der Waals surface area contributed by atoms with Crippen LogP contribution in [0.5, 0.6) is 0 Å². The van der Waals surface area contributed by atoms with E-state index < -0.39 is 0 Å². The highest BCUT2D eigenvalue weighted by atomic mass is 19.1. The fourth-order valence-corrected chi connectivity index (χ4v) is 1.56. The van der Waals surface area contributed by atoms with Crippen LogP contribution in [0.1, 0.15) is 19.4 Å². The molecule has 0 aliphatic rings. The number of rotatable bonds is 5. The summed E-state index contributed by atoms with van der Waals surface area (Å²) in [4.78, 5) is 13.5. The Morgan fingerprint density at radius 3 is 2.78 bits per heavy atom. The number of hydrogen-bond acceptors (Lipinski definition) is 1. The minimum absolute atomic E-state index is 0.0696. The summed E-state index contributed by atoms with van der Waals surface area (Å²) in [5, 5.41) is 0. The minimum Gasteiger partial charge on any atom is -0.335 e. The first-order valence-corrected chi connectivity index (χ1v) is 6.00. The Balaban J connectivity index is 2.69. The summed E-state index contributed by atoms with van der Waals surface area (Å²) in [6.07, 6.45) is 6.87. The van der Waals surface area contributed by atoms with E-state index in [0.29, 0.717) is 13.1 Å². The molecule has 0 saturated carbocycles. The number of carbonyl (C=O) groups excluding carboxylic acids is 1. The largest absolute Gasteiger partial charge is 0.335 e. The lowest BCUT2D eigenvalue weighted by molar-refractivity contribution is -0.126. The smallest absolute Gasteiger partial charge is 0.246 e. The van der Waals surface area contributed by atoms with E-state index in [0.717, 1.165) is 5.56 Å². The van der Waals surface area contributed by atoms with Crippen molar-refractivity contribution in [2.45, 2.75) is 20.4 Å². The van der Waals surface area contributed by atoms with E-state index in [1.807, 2.05) is 26.0 Å². The molecule has 0 aliphatic carbocycles. The topological polar surface area (TPSA) is 20.3 Å². The number of likely N-dealkylation sites (N-methyl/N-ethyl adjacent to an activating group) is 1. The van der Waals surface area contributed by atoms with Crippen molar-refractivity contribution in [1.82, 2.24) is 4.90 Å². The van der Waals surface area contributed by atoms with Crippen LogP contribution in [0.3, 0.4) is 0 Å². The van der Waals surface area contributed by atoms with Gasteiger partial charge in [0.05, 0.1) is 0 Å². The van der Waals surface area contributed by atoms with Crippen LogP contribution in [0.15, 0.2) is 48.6 Å². The molecule has 96 valence electrons. The summed E-state index contributed by atoms with van der Waals surface area (Å²) in [7, 11) is 0. The molecule has 1 rings (SSSR count). The quantitative estimate of drug-likeness (QED) is 0.577. The van der Waals surface area contributed by atoms with Crippen LogP contribution in [-0.4, -0.2) is 17.4 Å². The maximum Gasteiger partial charge on any atom is 0.246 e. The Morgan fingerprint density at radius 2 is 2.17 bits per heavy atom. The van der Waals surface area contributed by atoms with Crippen LogP contribution < -0.4 is 0 Å². The van der Waals surface area contributed by atoms with Gasteiger partial charge in [0.15, 0.2) is 0 Å². The second kappa shape index (κ2) is 7.43. The third kappa shape index (κ3) is 4.53. The summed E-state index contributed by atoms with van der Waals surface area (Å²) in [6, 6.07) is 6.31. The Labute approximate surface area is 107 Å². The molecular formula is C15H18FNO. The van der Waals surface area contributed by atoms with E-state index in [4.69, 9.17) is 0 Å². The van der Waals surface area contributed by atoms with E-state index in [2.05, 4.69) is 0 Å². The van der Waals surface area contributed by atoms with Gasteiger partial charge in [0.25, 0.3) is 0 Å². The van der Waals surface area contributed by atoms with E-state index in [-0.39, 0.29) is 11.7 Å². The molecule has 1 amide bonds. The highest BCUT2D eigenvalue weighted by molar-refractivity contribution is 5.87. The van der Waals surface area contributed by atoms with Gasteiger partial charge in [-0.15, -0.1) is 0 Å². The van der Waals surface area contributed by atoms with Crippen molar-refractivity contribution in [2.24, 2.45) is 0 Å². The van der Waals surface area contributed by atoms with E-state index in [9.17, 15) is 9.18 Å². The van der Waals surface area contributed by atoms with Gasteiger partial charge in [-0.25, -0.2) is 4.39 Å². The molecule has 0 spiro atoms. The van der Waals surface area contributed by atoms with Gasteiger partial charge in [-0.05, 0) is 31.5 Å². The van der Waals surface area contributed by atoms with Crippen molar-refractivity contribution < 1.29 is 9.18 Å². The molecule has 1 aromatic rings. The van der Waals surface area contributed by atoms with Gasteiger partial charge in [-0.1, -0.05) is 30.4 Å². The molecule has 0 fully saturated rings. The number of allylic oxidation sites excluding steroid dienone is 3. The highest BCUT2D eigenvalue weighted by Gasteiger charge is 2.08.